The third-order valence-electron chi connectivity index (χ3n) is 6.36. The van der Waals surface area contributed by atoms with Crippen molar-refractivity contribution in [3.63, 3.8) is 0 Å². The van der Waals surface area contributed by atoms with Crippen LogP contribution in [0, 0.1) is 13.8 Å². The highest BCUT2D eigenvalue weighted by atomic mass is 16.5. The fraction of sp³-hybridized carbons (Fsp3) is 0.0667. The molecule has 4 nitrogen and oxygen atoms in total. The van der Waals surface area contributed by atoms with Crippen LogP contribution in [0.15, 0.2) is 103 Å². The maximum Gasteiger partial charge on any atom is 0.219 e. The summed E-state index contributed by atoms with van der Waals surface area (Å²) >= 11 is 0. The van der Waals surface area contributed by atoms with Gasteiger partial charge in [0.05, 0.1) is 11.0 Å². The number of pyridine rings is 2. The van der Waals surface area contributed by atoms with Gasteiger partial charge < -0.3 is 4.74 Å². The molecule has 3 aromatic carbocycles. The van der Waals surface area contributed by atoms with E-state index in [9.17, 15) is 0 Å². The highest BCUT2D eigenvalue weighted by Crippen LogP contribution is 2.36. The van der Waals surface area contributed by atoms with Crippen molar-refractivity contribution in [3.8, 4) is 28.6 Å². The predicted octanol–water partition coefficient (Wildman–Crippen LogP) is 7.65. The fourth-order valence-electron chi connectivity index (χ4n) is 4.49. The Balaban J connectivity index is 1.53. The molecule has 34 heavy (non-hydrogen) atoms. The summed E-state index contributed by atoms with van der Waals surface area (Å²) in [4.78, 5) is 9.05. The van der Waals surface area contributed by atoms with Crippen LogP contribution in [-0.4, -0.2) is 14.5 Å². The van der Waals surface area contributed by atoms with Crippen molar-refractivity contribution in [2.75, 3.05) is 0 Å². The molecule has 0 saturated heterocycles. The number of aryl methyl sites for hydroxylation is 1. The van der Waals surface area contributed by atoms with E-state index in [0.29, 0.717) is 5.88 Å². The van der Waals surface area contributed by atoms with E-state index < -0.39 is 0 Å². The van der Waals surface area contributed by atoms with Gasteiger partial charge in [-0.15, -0.1) is 0 Å². The second kappa shape index (κ2) is 8.16. The van der Waals surface area contributed by atoms with Crippen LogP contribution in [0.3, 0.4) is 0 Å². The summed E-state index contributed by atoms with van der Waals surface area (Å²) < 4.78 is 8.25. The third kappa shape index (κ3) is 3.41. The summed E-state index contributed by atoms with van der Waals surface area (Å²) in [6.45, 7) is 4.27. The van der Waals surface area contributed by atoms with E-state index in [1.54, 1.807) is 6.20 Å². The maximum atomic E-state index is 5.97. The maximum absolute atomic E-state index is 5.97. The van der Waals surface area contributed by atoms with Gasteiger partial charge in [-0.05, 0) is 72.5 Å². The Hall–Kier alpha value is -4.44. The molecule has 0 saturated carbocycles. The second-order valence-corrected chi connectivity index (χ2v) is 8.46. The Morgan fingerprint density at radius 3 is 2.35 bits per heavy atom. The van der Waals surface area contributed by atoms with E-state index >= 15 is 0 Å². The van der Waals surface area contributed by atoms with E-state index in [0.717, 1.165) is 33.7 Å². The summed E-state index contributed by atoms with van der Waals surface area (Å²) in [5, 5.41) is 2.43. The van der Waals surface area contributed by atoms with Crippen molar-refractivity contribution in [2.45, 2.75) is 13.8 Å². The monoisotopic (exact) mass is 441 g/mol. The number of benzene rings is 3. The molecule has 164 valence electrons. The van der Waals surface area contributed by atoms with E-state index in [-0.39, 0.29) is 0 Å². The smallest absolute Gasteiger partial charge is 0.219 e. The van der Waals surface area contributed by atoms with Crippen molar-refractivity contribution >= 4 is 21.8 Å². The van der Waals surface area contributed by atoms with Crippen LogP contribution in [0.25, 0.3) is 38.8 Å². The first kappa shape index (κ1) is 20.2. The van der Waals surface area contributed by atoms with Crippen molar-refractivity contribution < 1.29 is 4.74 Å². The molecule has 0 radical (unpaired) electrons. The number of aromatic nitrogens is 3. The molecule has 3 heterocycles. The van der Waals surface area contributed by atoms with Crippen LogP contribution in [0.4, 0.5) is 0 Å². The molecule has 0 spiro atoms. The fourth-order valence-corrected chi connectivity index (χ4v) is 4.49. The van der Waals surface area contributed by atoms with E-state index in [4.69, 9.17) is 9.72 Å². The summed E-state index contributed by atoms with van der Waals surface area (Å²) in [5.41, 5.74) is 6.90. The quantitative estimate of drug-likeness (QED) is 0.282. The number of para-hydroxylation sites is 1. The normalized spacial score (nSPS) is 11.2. The molecule has 0 aliphatic carbocycles. The standard InChI is InChI=1S/C30H23N3O/c1-20-15-17-32-30(21(20)2)33-27-11-4-3-10-25(27)26-14-13-23(19-28(26)33)22-8-7-9-24(18-22)34-29-12-5-6-16-31-29/h3-19H,1-2H3. The van der Waals surface area contributed by atoms with Gasteiger partial charge in [-0.2, -0.15) is 0 Å². The summed E-state index contributed by atoms with van der Waals surface area (Å²) in [6.07, 6.45) is 3.62. The van der Waals surface area contributed by atoms with E-state index in [1.807, 2.05) is 36.5 Å². The molecule has 6 rings (SSSR count). The largest absolute Gasteiger partial charge is 0.439 e. The number of hydrogen-bond donors (Lipinski definition) is 0. The van der Waals surface area contributed by atoms with Gasteiger partial charge in [-0.25, -0.2) is 9.97 Å². The number of hydrogen-bond acceptors (Lipinski definition) is 3. The van der Waals surface area contributed by atoms with Crippen molar-refractivity contribution in [1.29, 1.82) is 0 Å². The summed E-state index contributed by atoms with van der Waals surface area (Å²) in [5.74, 6) is 2.31. The first-order valence-electron chi connectivity index (χ1n) is 11.3. The Morgan fingerprint density at radius 2 is 1.47 bits per heavy atom. The van der Waals surface area contributed by atoms with Gasteiger partial charge in [0.1, 0.15) is 11.6 Å². The van der Waals surface area contributed by atoms with Gasteiger partial charge in [0.15, 0.2) is 0 Å². The topological polar surface area (TPSA) is 39.9 Å². The molecule has 0 amide bonds. The van der Waals surface area contributed by atoms with Crippen molar-refractivity contribution in [1.82, 2.24) is 14.5 Å². The lowest BCUT2D eigenvalue weighted by molar-refractivity contribution is 0.463. The molecular weight excluding hydrogens is 418 g/mol. The third-order valence-corrected chi connectivity index (χ3v) is 6.36. The molecule has 6 aromatic rings. The molecule has 3 aromatic heterocycles. The SMILES string of the molecule is Cc1ccnc(-n2c3ccccc3c3ccc(-c4cccc(Oc5ccccn5)c4)cc32)c1C. The summed E-state index contributed by atoms with van der Waals surface area (Å²) in [6, 6.07) is 31.0. The number of rotatable bonds is 4. The van der Waals surface area contributed by atoms with Gasteiger partial charge in [0.25, 0.3) is 0 Å². The van der Waals surface area contributed by atoms with Crippen LogP contribution in [0.2, 0.25) is 0 Å². The van der Waals surface area contributed by atoms with Crippen LogP contribution >= 0.6 is 0 Å². The first-order valence-corrected chi connectivity index (χ1v) is 11.3. The minimum absolute atomic E-state index is 0.580. The first-order chi connectivity index (χ1) is 16.7. The number of nitrogens with zero attached hydrogens (tertiary/aromatic N) is 3. The van der Waals surface area contributed by atoms with Crippen LogP contribution in [-0.2, 0) is 0 Å². The molecule has 4 heteroatoms. The van der Waals surface area contributed by atoms with Crippen molar-refractivity contribution in [3.05, 3.63) is 115 Å². The van der Waals surface area contributed by atoms with Gasteiger partial charge in [-0.3, -0.25) is 4.57 Å². The average Bonchev–Trinajstić information content (AvgIpc) is 3.20. The minimum Gasteiger partial charge on any atom is -0.439 e. The molecule has 0 aliphatic rings. The molecule has 0 aliphatic heterocycles. The molecule has 0 bridgehead atoms. The highest BCUT2D eigenvalue weighted by molar-refractivity contribution is 6.10. The minimum atomic E-state index is 0.580. The van der Waals surface area contributed by atoms with Crippen LogP contribution in [0.1, 0.15) is 11.1 Å². The van der Waals surface area contributed by atoms with Crippen molar-refractivity contribution in [2.24, 2.45) is 0 Å². The number of fused-ring (bicyclic) bond motifs is 3. The molecular formula is C30H23N3O. The molecule has 0 unspecified atom stereocenters. The van der Waals surface area contributed by atoms with Gasteiger partial charge in [0, 0.05) is 29.2 Å². The lowest BCUT2D eigenvalue weighted by atomic mass is 10.0. The van der Waals surface area contributed by atoms with Gasteiger partial charge >= 0.3 is 0 Å². The zero-order chi connectivity index (χ0) is 23.1. The average molecular weight is 442 g/mol. The van der Waals surface area contributed by atoms with E-state index in [1.165, 1.54) is 21.9 Å². The summed E-state index contributed by atoms with van der Waals surface area (Å²) in [7, 11) is 0. The number of ether oxygens (including phenoxy) is 1. The second-order valence-electron chi connectivity index (χ2n) is 8.46. The lowest BCUT2D eigenvalue weighted by Crippen LogP contribution is -2.01. The Morgan fingerprint density at radius 1 is 0.647 bits per heavy atom. The highest BCUT2D eigenvalue weighted by Gasteiger charge is 2.16. The lowest BCUT2D eigenvalue weighted by Gasteiger charge is -2.12. The molecule has 0 atom stereocenters. The van der Waals surface area contributed by atoms with Gasteiger partial charge in [-0.1, -0.05) is 48.5 Å². The van der Waals surface area contributed by atoms with Crippen LogP contribution in [0.5, 0.6) is 11.6 Å². The predicted molar refractivity (Wildman–Crippen MR) is 138 cm³/mol. The van der Waals surface area contributed by atoms with E-state index in [2.05, 4.69) is 84.1 Å². The molecule has 0 fully saturated rings. The van der Waals surface area contributed by atoms with Crippen LogP contribution < -0.4 is 4.74 Å². The zero-order valence-corrected chi connectivity index (χ0v) is 19.1. The van der Waals surface area contributed by atoms with Gasteiger partial charge in [0.2, 0.25) is 5.88 Å². The zero-order valence-electron chi connectivity index (χ0n) is 19.1. The Labute approximate surface area is 198 Å². The Bertz CT molecular complexity index is 1650. The Kier molecular flexibility index (Phi) is 4.84. The molecule has 0 N–H and O–H groups in total.